The summed E-state index contributed by atoms with van der Waals surface area (Å²) >= 11 is 0. The first-order valence-electron chi connectivity index (χ1n) is 10.5. The number of hydrogen-bond donors (Lipinski definition) is 1. The number of nitrogens with one attached hydrogen (secondary N) is 1. The van der Waals surface area contributed by atoms with Crippen LogP contribution in [0, 0.1) is 17.6 Å². The van der Waals surface area contributed by atoms with Gasteiger partial charge in [0, 0.05) is 18.7 Å². The van der Waals surface area contributed by atoms with Gasteiger partial charge in [0.25, 0.3) is 0 Å². The molecule has 1 atom stereocenters. The predicted octanol–water partition coefficient (Wildman–Crippen LogP) is 4.49. The monoisotopic (exact) mass is 491 g/mol. The van der Waals surface area contributed by atoms with Gasteiger partial charge in [-0.05, 0) is 33.8 Å². The molecule has 35 heavy (non-hydrogen) atoms. The van der Waals surface area contributed by atoms with E-state index in [2.05, 4.69) is 20.4 Å². The quantitative estimate of drug-likeness (QED) is 0.400. The molecular formula is C23H24F3N5O4. The van der Waals surface area contributed by atoms with Crippen LogP contribution in [0.15, 0.2) is 30.7 Å². The lowest BCUT2D eigenvalue weighted by Gasteiger charge is -2.19. The molecule has 1 amide bonds. The second-order valence-corrected chi connectivity index (χ2v) is 8.65. The van der Waals surface area contributed by atoms with Crippen LogP contribution in [0.3, 0.4) is 0 Å². The van der Waals surface area contributed by atoms with Crippen LogP contribution in [0.5, 0.6) is 0 Å². The molecule has 0 saturated heterocycles. The summed E-state index contributed by atoms with van der Waals surface area (Å²) < 4.78 is 53.8. The number of nitrogens with zero attached hydrogens (tertiary/aromatic N) is 4. The van der Waals surface area contributed by atoms with Gasteiger partial charge in [-0.1, -0.05) is 0 Å². The molecule has 0 fully saturated rings. The van der Waals surface area contributed by atoms with Crippen molar-refractivity contribution in [2.24, 2.45) is 7.05 Å². The first-order chi connectivity index (χ1) is 16.3. The molecule has 0 aliphatic heterocycles. The van der Waals surface area contributed by atoms with Crippen LogP contribution in [0.25, 0.3) is 11.3 Å². The molecule has 0 saturated carbocycles. The Labute approximate surface area is 199 Å². The molecule has 3 heterocycles. The van der Waals surface area contributed by atoms with E-state index in [9.17, 15) is 22.8 Å². The summed E-state index contributed by atoms with van der Waals surface area (Å²) in [6.07, 6.45) is 1.05. The number of aryl methyl sites for hydroxylation is 1. The van der Waals surface area contributed by atoms with Crippen LogP contribution >= 0.6 is 0 Å². The molecule has 9 nitrogen and oxygen atoms in total. The van der Waals surface area contributed by atoms with Gasteiger partial charge in [0.2, 0.25) is 5.95 Å². The second kappa shape index (κ2) is 10.1. The average molecular weight is 491 g/mol. The zero-order chi connectivity index (χ0) is 25.9. The molecule has 1 N–H and O–H groups in total. The SMILES string of the molecule is C[C@@H](OC(=O)Cc1c(-c2ncc(NC(=O)OC(C)(C)C)cc2F)cnn1C)c1cc(F)cnc1F. The van der Waals surface area contributed by atoms with Crippen molar-refractivity contribution < 1.29 is 32.2 Å². The molecule has 3 rings (SSSR count). The highest BCUT2D eigenvalue weighted by atomic mass is 19.1. The third kappa shape index (κ3) is 6.55. The molecule has 3 aromatic rings. The van der Waals surface area contributed by atoms with Crippen molar-refractivity contribution in [2.45, 2.75) is 45.8 Å². The molecular weight excluding hydrogens is 467 g/mol. The molecule has 0 bridgehead atoms. The van der Waals surface area contributed by atoms with Gasteiger partial charge in [-0.15, -0.1) is 0 Å². The maximum absolute atomic E-state index is 14.9. The second-order valence-electron chi connectivity index (χ2n) is 8.65. The minimum atomic E-state index is -1.12. The van der Waals surface area contributed by atoms with E-state index in [0.717, 1.165) is 12.1 Å². The Balaban J connectivity index is 1.76. The molecule has 12 heteroatoms. The number of aromatic nitrogens is 4. The summed E-state index contributed by atoms with van der Waals surface area (Å²) in [7, 11) is 1.54. The van der Waals surface area contributed by atoms with Crippen molar-refractivity contribution in [1.29, 1.82) is 0 Å². The Bertz CT molecular complexity index is 1260. The fraction of sp³-hybridized carbons (Fsp3) is 0.348. The number of esters is 1. The third-order valence-electron chi connectivity index (χ3n) is 4.69. The van der Waals surface area contributed by atoms with Gasteiger partial charge in [0.15, 0.2) is 5.82 Å². The molecule has 186 valence electrons. The van der Waals surface area contributed by atoms with Gasteiger partial charge in [0.05, 0.1) is 42.0 Å². The number of hydrogen-bond acceptors (Lipinski definition) is 7. The number of rotatable bonds is 6. The average Bonchev–Trinajstić information content (AvgIpc) is 3.08. The van der Waals surface area contributed by atoms with Crippen molar-refractivity contribution in [1.82, 2.24) is 19.7 Å². The number of carbonyl (C=O) groups is 2. The van der Waals surface area contributed by atoms with E-state index in [4.69, 9.17) is 9.47 Å². The van der Waals surface area contributed by atoms with Crippen molar-refractivity contribution in [3.8, 4) is 11.3 Å². The maximum Gasteiger partial charge on any atom is 0.412 e. The highest BCUT2D eigenvalue weighted by Gasteiger charge is 2.23. The molecule has 3 aromatic heterocycles. The van der Waals surface area contributed by atoms with Gasteiger partial charge in [0.1, 0.15) is 23.2 Å². The Morgan fingerprint density at radius 2 is 1.83 bits per heavy atom. The number of ether oxygens (including phenoxy) is 2. The Morgan fingerprint density at radius 3 is 2.49 bits per heavy atom. The first-order valence-corrected chi connectivity index (χ1v) is 10.5. The van der Waals surface area contributed by atoms with E-state index >= 15 is 0 Å². The maximum atomic E-state index is 14.9. The van der Waals surface area contributed by atoms with Crippen LogP contribution in [-0.2, 0) is 27.7 Å². The van der Waals surface area contributed by atoms with Crippen LogP contribution in [-0.4, -0.2) is 37.4 Å². The Morgan fingerprint density at radius 1 is 1.11 bits per heavy atom. The van der Waals surface area contributed by atoms with Crippen molar-refractivity contribution in [2.75, 3.05) is 5.32 Å². The van der Waals surface area contributed by atoms with Gasteiger partial charge in [-0.2, -0.15) is 9.49 Å². The summed E-state index contributed by atoms with van der Waals surface area (Å²) in [6, 6.07) is 1.95. The lowest BCUT2D eigenvalue weighted by molar-refractivity contribution is -0.148. The lowest BCUT2D eigenvalue weighted by Crippen LogP contribution is -2.27. The third-order valence-corrected chi connectivity index (χ3v) is 4.69. The highest BCUT2D eigenvalue weighted by molar-refractivity contribution is 5.85. The number of halogens is 3. The van der Waals surface area contributed by atoms with E-state index in [1.165, 1.54) is 24.0 Å². The fourth-order valence-corrected chi connectivity index (χ4v) is 3.16. The number of carbonyl (C=O) groups excluding carboxylic acids is 2. The Hall–Kier alpha value is -3.96. The topological polar surface area (TPSA) is 108 Å². The van der Waals surface area contributed by atoms with Crippen molar-refractivity contribution in [3.05, 3.63) is 59.6 Å². The highest BCUT2D eigenvalue weighted by Crippen LogP contribution is 2.27. The minimum absolute atomic E-state index is 0.0740. The van der Waals surface area contributed by atoms with Crippen molar-refractivity contribution >= 4 is 17.7 Å². The Kier molecular flexibility index (Phi) is 7.42. The largest absolute Gasteiger partial charge is 0.457 e. The molecule has 0 aliphatic carbocycles. The lowest BCUT2D eigenvalue weighted by atomic mass is 10.1. The molecule has 0 aliphatic rings. The summed E-state index contributed by atoms with van der Waals surface area (Å²) in [5, 5.41) is 6.45. The van der Waals surface area contributed by atoms with Crippen LogP contribution in [0.4, 0.5) is 23.7 Å². The molecule has 0 aromatic carbocycles. The van der Waals surface area contributed by atoms with Gasteiger partial charge in [-0.3, -0.25) is 19.8 Å². The van der Waals surface area contributed by atoms with Crippen LogP contribution in [0.2, 0.25) is 0 Å². The molecule has 0 unspecified atom stereocenters. The fourth-order valence-electron chi connectivity index (χ4n) is 3.16. The normalized spacial score (nSPS) is 12.2. The van der Waals surface area contributed by atoms with E-state index in [-0.39, 0.29) is 34.6 Å². The van der Waals surface area contributed by atoms with E-state index in [1.807, 2.05) is 0 Å². The van der Waals surface area contributed by atoms with E-state index in [1.54, 1.807) is 27.8 Å². The van der Waals surface area contributed by atoms with E-state index < -0.39 is 41.3 Å². The van der Waals surface area contributed by atoms with Crippen LogP contribution < -0.4 is 5.32 Å². The summed E-state index contributed by atoms with van der Waals surface area (Å²) in [5.74, 6) is -3.29. The number of pyridine rings is 2. The predicted molar refractivity (Wildman–Crippen MR) is 119 cm³/mol. The smallest absolute Gasteiger partial charge is 0.412 e. The summed E-state index contributed by atoms with van der Waals surface area (Å²) in [5.41, 5.74) is -0.487. The first kappa shape index (κ1) is 25.7. The van der Waals surface area contributed by atoms with Gasteiger partial charge >= 0.3 is 12.1 Å². The summed E-state index contributed by atoms with van der Waals surface area (Å²) in [4.78, 5) is 31.8. The molecule has 0 spiro atoms. The zero-order valence-corrected chi connectivity index (χ0v) is 19.7. The van der Waals surface area contributed by atoms with Crippen LogP contribution in [0.1, 0.15) is 45.1 Å². The summed E-state index contributed by atoms with van der Waals surface area (Å²) in [6.45, 7) is 6.44. The van der Waals surface area contributed by atoms with E-state index in [0.29, 0.717) is 6.20 Å². The van der Waals surface area contributed by atoms with Crippen molar-refractivity contribution in [3.63, 3.8) is 0 Å². The van der Waals surface area contributed by atoms with Gasteiger partial charge < -0.3 is 9.47 Å². The molecule has 0 radical (unpaired) electrons. The minimum Gasteiger partial charge on any atom is -0.457 e. The standard InChI is InChI=1S/C23H24F3N5O4/c1-12(15-6-13(24)9-28-21(15)26)34-19(32)8-18-16(11-29-31(18)5)20-17(25)7-14(10-27-20)30-22(33)35-23(2,3)4/h6-7,9-12H,8H2,1-5H3,(H,30,33)/t12-/m1/s1. The number of anilines is 1. The zero-order valence-electron chi connectivity index (χ0n) is 19.7. The number of amides is 1. The van der Waals surface area contributed by atoms with Gasteiger partial charge in [-0.25, -0.2) is 18.6 Å².